The predicted molar refractivity (Wildman–Crippen MR) is 67.3 cm³/mol. The lowest BCUT2D eigenvalue weighted by Crippen LogP contribution is -2.55. The molecule has 0 radical (unpaired) electrons. The van der Waals surface area contributed by atoms with Crippen LogP contribution in [0.1, 0.15) is 50.1 Å². The van der Waals surface area contributed by atoms with Crippen LogP contribution < -0.4 is 5.32 Å². The van der Waals surface area contributed by atoms with Crippen molar-refractivity contribution in [2.24, 2.45) is 5.41 Å². The summed E-state index contributed by atoms with van der Waals surface area (Å²) in [6, 6.07) is 11.6. The van der Waals surface area contributed by atoms with Gasteiger partial charge in [-0.3, -0.25) is 0 Å². The van der Waals surface area contributed by atoms with E-state index in [4.69, 9.17) is 0 Å². The van der Waals surface area contributed by atoms with Gasteiger partial charge >= 0.3 is 0 Å². The maximum absolute atomic E-state index is 3.65. The molecule has 16 heavy (non-hydrogen) atoms. The van der Waals surface area contributed by atoms with Crippen molar-refractivity contribution in [2.75, 3.05) is 6.54 Å². The first kappa shape index (κ1) is 10.3. The van der Waals surface area contributed by atoms with Gasteiger partial charge in [0.2, 0.25) is 0 Å². The molecule has 0 bridgehead atoms. The van der Waals surface area contributed by atoms with Gasteiger partial charge in [0, 0.05) is 18.0 Å². The molecule has 1 aliphatic heterocycles. The van der Waals surface area contributed by atoms with Crippen LogP contribution in [0.2, 0.25) is 0 Å². The van der Waals surface area contributed by atoms with Crippen molar-refractivity contribution < 1.29 is 0 Å². The Bertz CT molecular complexity index is 336. The van der Waals surface area contributed by atoms with Crippen LogP contribution in [0.3, 0.4) is 0 Å². The van der Waals surface area contributed by atoms with Gasteiger partial charge in [-0.2, -0.15) is 0 Å². The first-order valence-corrected chi connectivity index (χ1v) is 6.69. The van der Waals surface area contributed by atoms with Crippen LogP contribution in [-0.4, -0.2) is 6.54 Å². The van der Waals surface area contributed by atoms with Crippen molar-refractivity contribution in [1.82, 2.24) is 5.32 Å². The largest absolute Gasteiger partial charge is 0.309 e. The smallest absolute Gasteiger partial charge is 0.0389 e. The molecule has 1 heterocycles. The third-order valence-electron chi connectivity index (χ3n) is 4.50. The van der Waals surface area contributed by atoms with Crippen LogP contribution in [0.25, 0.3) is 0 Å². The molecule has 2 fully saturated rings. The Balaban J connectivity index is 1.81. The molecule has 1 heteroatoms. The van der Waals surface area contributed by atoms with E-state index < -0.39 is 0 Å². The predicted octanol–water partition coefficient (Wildman–Crippen LogP) is 3.67. The summed E-state index contributed by atoms with van der Waals surface area (Å²) in [7, 11) is 0. The standard InChI is InChI=1S/C15H21N/c1-2-7-11-15(10-6-1)12-16-14(15)13-8-4-3-5-9-13/h3-5,8-9,14,16H,1-2,6-7,10-12H2. The van der Waals surface area contributed by atoms with Crippen LogP contribution in [0.5, 0.6) is 0 Å². The first-order valence-electron chi connectivity index (χ1n) is 6.69. The third kappa shape index (κ3) is 1.67. The maximum Gasteiger partial charge on any atom is 0.0389 e. The summed E-state index contributed by atoms with van der Waals surface area (Å²) in [5.41, 5.74) is 2.09. The van der Waals surface area contributed by atoms with Crippen molar-refractivity contribution in [2.45, 2.75) is 44.6 Å². The number of rotatable bonds is 1. The fourth-order valence-corrected chi connectivity index (χ4v) is 3.51. The fourth-order valence-electron chi connectivity index (χ4n) is 3.51. The van der Waals surface area contributed by atoms with Gasteiger partial charge in [-0.15, -0.1) is 0 Å². The van der Waals surface area contributed by atoms with E-state index >= 15 is 0 Å². The van der Waals surface area contributed by atoms with Gasteiger partial charge in [-0.1, -0.05) is 56.0 Å². The molecule has 1 saturated heterocycles. The number of benzene rings is 1. The van der Waals surface area contributed by atoms with Crippen molar-refractivity contribution in [1.29, 1.82) is 0 Å². The van der Waals surface area contributed by atoms with Gasteiger partial charge in [-0.05, 0) is 18.4 Å². The van der Waals surface area contributed by atoms with Crippen LogP contribution in [-0.2, 0) is 0 Å². The van der Waals surface area contributed by atoms with Crippen LogP contribution in [0, 0.1) is 5.41 Å². The highest BCUT2D eigenvalue weighted by Gasteiger charge is 2.46. The van der Waals surface area contributed by atoms with Crippen LogP contribution >= 0.6 is 0 Å². The molecule has 1 saturated carbocycles. The fraction of sp³-hybridized carbons (Fsp3) is 0.600. The van der Waals surface area contributed by atoms with E-state index in [0.29, 0.717) is 11.5 Å². The lowest BCUT2D eigenvalue weighted by atomic mass is 9.66. The molecule has 1 aromatic carbocycles. The van der Waals surface area contributed by atoms with E-state index in [1.807, 2.05) is 0 Å². The quantitative estimate of drug-likeness (QED) is 0.753. The van der Waals surface area contributed by atoms with E-state index in [2.05, 4.69) is 35.6 Å². The summed E-state index contributed by atoms with van der Waals surface area (Å²) in [5.74, 6) is 0. The van der Waals surface area contributed by atoms with Gasteiger partial charge < -0.3 is 5.32 Å². The summed E-state index contributed by atoms with van der Waals surface area (Å²) >= 11 is 0. The Labute approximate surface area is 98.3 Å². The second-order valence-electron chi connectivity index (χ2n) is 5.50. The van der Waals surface area contributed by atoms with Gasteiger partial charge in [0.15, 0.2) is 0 Å². The Morgan fingerprint density at radius 3 is 2.19 bits per heavy atom. The summed E-state index contributed by atoms with van der Waals surface area (Å²) in [6.07, 6.45) is 8.63. The summed E-state index contributed by atoms with van der Waals surface area (Å²) in [4.78, 5) is 0. The number of hydrogen-bond acceptors (Lipinski definition) is 1. The van der Waals surface area contributed by atoms with Crippen molar-refractivity contribution in [3.8, 4) is 0 Å². The van der Waals surface area contributed by atoms with E-state index in [1.54, 1.807) is 0 Å². The highest BCUT2D eigenvalue weighted by atomic mass is 15.0. The molecule has 0 amide bonds. The lowest BCUT2D eigenvalue weighted by Gasteiger charge is -2.51. The number of hydrogen-bond donors (Lipinski definition) is 1. The zero-order valence-electron chi connectivity index (χ0n) is 9.91. The normalized spacial score (nSPS) is 28.4. The van der Waals surface area contributed by atoms with Crippen LogP contribution in [0.4, 0.5) is 0 Å². The third-order valence-corrected chi connectivity index (χ3v) is 4.50. The first-order chi connectivity index (χ1) is 7.91. The average Bonchev–Trinajstić information content (AvgIpc) is 2.56. The minimum absolute atomic E-state index is 0.595. The molecule has 1 atom stereocenters. The minimum atomic E-state index is 0.595. The van der Waals surface area contributed by atoms with Gasteiger partial charge in [-0.25, -0.2) is 0 Å². The second-order valence-corrected chi connectivity index (χ2v) is 5.50. The lowest BCUT2D eigenvalue weighted by molar-refractivity contribution is 0.0617. The molecule has 2 aliphatic rings. The van der Waals surface area contributed by atoms with Crippen LogP contribution in [0.15, 0.2) is 30.3 Å². The van der Waals surface area contributed by atoms with Crippen molar-refractivity contribution in [3.05, 3.63) is 35.9 Å². The Morgan fingerprint density at radius 1 is 0.938 bits per heavy atom. The molecule has 1 spiro atoms. The molecule has 1 unspecified atom stereocenters. The van der Waals surface area contributed by atoms with Gasteiger partial charge in [0.05, 0.1) is 0 Å². The zero-order valence-corrected chi connectivity index (χ0v) is 9.91. The Hall–Kier alpha value is -0.820. The zero-order chi connectivity index (χ0) is 10.8. The molecule has 1 aromatic rings. The van der Waals surface area contributed by atoms with Gasteiger partial charge in [0.25, 0.3) is 0 Å². The molecule has 1 N–H and O–H groups in total. The maximum atomic E-state index is 3.65. The van der Waals surface area contributed by atoms with E-state index in [9.17, 15) is 0 Å². The monoisotopic (exact) mass is 215 g/mol. The van der Waals surface area contributed by atoms with E-state index in [1.165, 1.54) is 50.6 Å². The second kappa shape index (κ2) is 4.21. The van der Waals surface area contributed by atoms with Crippen molar-refractivity contribution >= 4 is 0 Å². The topological polar surface area (TPSA) is 12.0 Å². The SMILES string of the molecule is c1ccc(C2NCC23CCCCCC3)cc1. The highest BCUT2D eigenvalue weighted by Crippen LogP contribution is 2.50. The van der Waals surface area contributed by atoms with E-state index in [-0.39, 0.29) is 0 Å². The minimum Gasteiger partial charge on any atom is -0.309 e. The Kier molecular flexibility index (Phi) is 2.72. The number of nitrogens with one attached hydrogen (secondary N) is 1. The van der Waals surface area contributed by atoms with Gasteiger partial charge in [0.1, 0.15) is 0 Å². The molecular weight excluding hydrogens is 194 g/mol. The summed E-state index contributed by atoms with van der Waals surface area (Å²) < 4.78 is 0. The highest BCUT2D eigenvalue weighted by molar-refractivity contribution is 5.25. The average molecular weight is 215 g/mol. The summed E-state index contributed by atoms with van der Waals surface area (Å²) in [5, 5.41) is 3.65. The molecule has 1 aliphatic carbocycles. The Morgan fingerprint density at radius 2 is 1.62 bits per heavy atom. The molecular formula is C15H21N. The summed E-state index contributed by atoms with van der Waals surface area (Å²) in [6.45, 7) is 1.24. The van der Waals surface area contributed by atoms with Crippen molar-refractivity contribution in [3.63, 3.8) is 0 Å². The molecule has 86 valence electrons. The van der Waals surface area contributed by atoms with E-state index in [0.717, 1.165) is 0 Å². The molecule has 3 rings (SSSR count). The molecule has 0 aromatic heterocycles. The molecule has 1 nitrogen and oxygen atoms in total.